The van der Waals surface area contributed by atoms with E-state index in [1.54, 1.807) is 4.90 Å². The molecule has 1 atom stereocenters. The van der Waals surface area contributed by atoms with Gasteiger partial charge in [-0.15, -0.1) is 0 Å². The van der Waals surface area contributed by atoms with Crippen LogP contribution in [-0.2, 0) is 9.53 Å². The molecule has 2 heterocycles. The molecule has 0 aromatic heterocycles. The predicted octanol–water partition coefficient (Wildman–Crippen LogP) is 2.37. The Hall–Kier alpha value is -0.650. The second-order valence-electron chi connectivity index (χ2n) is 9.06. The first-order chi connectivity index (χ1) is 10.3. The zero-order valence-electron chi connectivity index (χ0n) is 16.1. The number of ether oxygens (including phenoxy) is 1. The second kappa shape index (κ2) is 5.43. The number of likely N-dealkylation sites (tertiary alicyclic amines) is 1. The summed E-state index contributed by atoms with van der Waals surface area (Å²) in [5.41, 5.74) is -1.74. The SMILES string of the molecule is CCC(O)CN1C(=O)C2(CC(C)(C)N(C)C(C)(C)C2)OC1(C)C. The van der Waals surface area contributed by atoms with Crippen LogP contribution in [0.15, 0.2) is 0 Å². The van der Waals surface area contributed by atoms with Gasteiger partial charge in [0, 0.05) is 30.5 Å². The molecule has 1 N–H and O–H groups in total. The molecular weight excluding hydrogens is 292 g/mol. The molecule has 0 aliphatic carbocycles. The molecule has 0 saturated carbocycles. The van der Waals surface area contributed by atoms with E-state index in [1.165, 1.54) is 0 Å². The number of carbonyl (C=O) groups excluding carboxylic acids is 1. The molecule has 1 unspecified atom stereocenters. The molecular formula is C18H34N2O3. The Bertz CT molecular complexity index is 467. The number of hydrogen-bond acceptors (Lipinski definition) is 4. The number of β-amino-alcohol motifs (C(OH)–C–C–N with tert-alkyl or cyclic N) is 1. The van der Waals surface area contributed by atoms with E-state index in [2.05, 4.69) is 39.6 Å². The van der Waals surface area contributed by atoms with Crippen LogP contribution in [-0.4, -0.2) is 62.9 Å². The number of piperidine rings is 1. The van der Waals surface area contributed by atoms with Crippen molar-refractivity contribution in [1.29, 1.82) is 0 Å². The Morgan fingerprint density at radius 2 is 1.61 bits per heavy atom. The molecule has 2 fully saturated rings. The quantitative estimate of drug-likeness (QED) is 0.865. The Morgan fingerprint density at radius 1 is 1.13 bits per heavy atom. The summed E-state index contributed by atoms with van der Waals surface area (Å²) < 4.78 is 6.41. The summed E-state index contributed by atoms with van der Waals surface area (Å²) in [6, 6.07) is 0. The molecule has 134 valence electrons. The van der Waals surface area contributed by atoms with Gasteiger partial charge in [0.1, 0.15) is 5.72 Å². The minimum Gasteiger partial charge on any atom is -0.391 e. The molecule has 23 heavy (non-hydrogen) atoms. The lowest BCUT2D eigenvalue weighted by Crippen LogP contribution is -2.66. The summed E-state index contributed by atoms with van der Waals surface area (Å²) in [7, 11) is 2.12. The normalized spacial score (nSPS) is 30.0. The number of rotatable bonds is 3. The standard InChI is InChI=1S/C18H34N2O3/c1-9-13(21)10-20-14(22)18(23-17(20,6)7)11-15(2,3)19(8)16(4,5)12-18/h13,21H,9-12H2,1-8H3. The second-order valence-corrected chi connectivity index (χ2v) is 9.06. The Kier molecular flexibility index (Phi) is 4.41. The molecule has 0 aromatic carbocycles. The predicted molar refractivity (Wildman–Crippen MR) is 91.1 cm³/mol. The van der Waals surface area contributed by atoms with Crippen LogP contribution < -0.4 is 0 Å². The number of aliphatic hydroxyl groups excluding tert-OH is 1. The van der Waals surface area contributed by atoms with Crippen LogP contribution in [0, 0.1) is 0 Å². The average Bonchev–Trinajstić information content (AvgIpc) is 2.55. The summed E-state index contributed by atoms with van der Waals surface area (Å²) in [4.78, 5) is 17.4. The summed E-state index contributed by atoms with van der Waals surface area (Å²) in [5.74, 6) is 0.0317. The number of aliphatic hydroxyl groups is 1. The zero-order valence-corrected chi connectivity index (χ0v) is 16.1. The van der Waals surface area contributed by atoms with Gasteiger partial charge in [-0.05, 0) is 55.0 Å². The van der Waals surface area contributed by atoms with E-state index in [-0.39, 0.29) is 17.0 Å². The number of hydrogen-bond donors (Lipinski definition) is 1. The highest BCUT2D eigenvalue weighted by Gasteiger charge is 2.63. The van der Waals surface area contributed by atoms with Crippen molar-refractivity contribution in [3.63, 3.8) is 0 Å². The molecule has 2 saturated heterocycles. The lowest BCUT2D eigenvalue weighted by Gasteiger charge is -2.56. The third-order valence-corrected chi connectivity index (χ3v) is 5.85. The van der Waals surface area contributed by atoms with Gasteiger partial charge in [0.15, 0.2) is 5.60 Å². The summed E-state index contributed by atoms with van der Waals surface area (Å²) in [6.45, 7) is 14.8. The van der Waals surface area contributed by atoms with Gasteiger partial charge in [-0.25, -0.2) is 0 Å². The Balaban J connectivity index is 2.38. The number of carbonyl (C=O) groups is 1. The highest BCUT2D eigenvalue weighted by molar-refractivity contribution is 5.88. The third-order valence-electron chi connectivity index (χ3n) is 5.85. The van der Waals surface area contributed by atoms with Crippen LogP contribution in [0.5, 0.6) is 0 Å². The van der Waals surface area contributed by atoms with Crippen LogP contribution in [0.1, 0.15) is 67.7 Å². The van der Waals surface area contributed by atoms with Crippen LogP contribution in [0.4, 0.5) is 0 Å². The lowest BCUT2D eigenvalue weighted by molar-refractivity contribution is -0.181. The molecule has 2 aliphatic rings. The topological polar surface area (TPSA) is 53.0 Å². The van der Waals surface area contributed by atoms with Crippen molar-refractivity contribution in [3.8, 4) is 0 Å². The van der Waals surface area contributed by atoms with Gasteiger partial charge >= 0.3 is 0 Å². The van der Waals surface area contributed by atoms with Crippen molar-refractivity contribution in [1.82, 2.24) is 9.80 Å². The van der Waals surface area contributed by atoms with Gasteiger partial charge in [-0.1, -0.05) is 6.92 Å². The molecule has 5 heteroatoms. The molecule has 0 radical (unpaired) electrons. The van der Waals surface area contributed by atoms with E-state index < -0.39 is 17.4 Å². The van der Waals surface area contributed by atoms with E-state index in [0.717, 1.165) is 0 Å². The van der Waals surface area contributed by atoms with Gasteiger partial charge in [-0.2, -0.15) is 0 Å². The smallest absolute Gasteiger partial charge is 0.257 e. The van der Waals surface area contributed by atoms with E-state index in [9.17, 15) is 9.90 Å². The number of nitrogens with zero attached hydrogens (tertiary/aromatic N) is 2. The minimum absolute atomic E-state index is 0.0317. The first kappa shape index (κ1) is 18.7. The van der Waals surface area contributed by atoms with Gasteiger partial charge < -0.3 is 14.7 Å². The van der Waals surface area contributed by atoms with Crippen LogP contribution in [0.3, 0.4) is 0 Å². The fourth-order valence-corrected chi connectivity index (χ4v) is 4.45. The average molecular weight is 326 g/mol. The third kappa shape index (κ3) is 3.03. The van der Waals surface area contributed by atoms with E-state index >= 15 is 0 Å². The van der Waals surface area contributed by atoms with Gasteiger partial charge in [0.25, 0.3) is 5.91 Å². The summed E-state index contributed by atoms with van der Waals surface area (Å²) in [6.07, 6.45) is 1.46. The van der Waals surface area contributed by atoms with E-state index in [1.807, 2.05) is 20.8 Å². The molecule has 1 amide bonds. The van der Waals surface area contributed by atoms with Crippen LogP contribution in [0.2, 0.25) is 0 Å². The first-order valence-corrected chi connectivity index (χ1v) is 8.72. The Morgan fingerprint density at radius 3 is 2.04 bits per heavy atom. The molecule has 0 bridgehead atoms. The first-order valence-electron chi connectivity index (χ1n) is 8.72. The van der Waals surface area contributed by atoms with Crippen LogP contribution in [0.25, 0.3) is 0 Å². The lowest BCUT2D eigenvalue weighted by atomic mass is 9.71. The number of amides is 1. The summed E-state index contributed by atoms with van der Waals surface area (Å²) in [5, 5.41) is 10.0. The van der Waals surface area contributed by atoms with Crippen molar-refractivity contribution in [2.24, 2.45) is 0 Å². The van der Waals surface area contributed by atoms with E-state index in [0.29, 0.717) is 25.8 Å². The highest BCUT2D eigenvalue weighted by atomic mass is 16.6. The molecule has 1 spiro atoms. The fraction of sp³-hybridized carbons (Fsp3) is 0.944. The maximum Gasteiger partial charge on any atom is 0.257 e. The van der Waals surface area contributed by atoms with Gasteiger partial charge in [-0.3, -0.25) is 9.69 Å². The molecule has 5 nitrogen and oxygen atoms in total. The van der Waals surface area contributed by atoms with E-state index in [4.69, 9.17) is 4.74 Å². The zero-order chi connectivity index (χ0) is 17.8. The Labute approximate surface area is 141 Å². The summed E-state index contributed by atoms with van der Waals surface area (Å²) >= 11 is 0. The van der Waals surface area contributed by atoms with Gasteiger partial charge in [0.2, 0.25) is 0 Å². The fourth-order valence-electron chi connectivity index (χ4n) is 4.45. The highest BCUT2D eigenvalue weighted by Crippen LogP contribution is 2.50. The molecule has 0 aromatic rings. The van der Waals surface area contributed by atoms with Crippen molar-refractivity contribution < 1.29 is 14.6 Å². The van der Waals surface area contributed by atoms with Crippen molar-refractivity contribution in [3.05, 3.63) is 0 Å². The molecule has 2 aliphatic heterocycles. The van der Waals surface area contributed by atoms with Crippen molar-refractivity contribution in [2.45, 2.75) is 96.2 Å². The maximum atomic E-state index is 13.3. The van der Waals surface area contributed by atoms with Crippen molar-refractivity contribution >= 4 is 5.91 Å². The minimum atomic E-state index is -0.795. The maximum absolute atomic E-state index is 13.3. The largest absolute Gasteiger partial charge is 0.391 e. The van der Waals surface area contributed by atoms with Crippen molar-refractivity contribution in [2.75, 3.05) is 13.6 Å². The van der Waals surface area contributed by atoms with Crippen LogP contribution >= 0.6 is 0 Å². The molecule has 2 rings (SSSR count). The monoisotopic (exact) mass is 326 g/mol. The van der Waals surface area contributed by atoms with Gasteiger partial charge in [0.05, 0.1) is 6.10 Å².